The van der Waals surface area contributed by atoms with Crippen LogP contribution in [0.15, 0.2) is 91.5 Å². The fraction of sp³-hybridized carbons (Fsp3) is 0.174. The Morgan fingerprint density at radius 1 is 0.862 bits per heavy atom. The first kappa shape index (κ1) is 19.2. The van der Waals surface area contributed by atoms with Crippen LogP contribution in [0.5, 0.6) is 0 Å². The van der Waals surface area contributed by atoms with Gasteiger partial charge in [0.25, 0.3) is 0 Å². The molecule has 2 aliphatic heterocycles. The molecule has 2 atom stereocenters. The average molecular weight is 534 g/mol. The molecule has 29 heavy (non-hydrogen) atoms. The highest BCUT2D eigenvalue weighted by Gasteiger charge is 2.61. The predicted octanol–water partition coefficient (Wildman–Crippen LogP) is 3.11. The minimum Gasteiger partial charge on any atom is -1.00 e. The minimum absolute atomic E-state index is 0. The van der Waals surface area contributed by atoms with Crippen LogP contribution in [-0.2, 0) is 5.41 Å². The van der Waals surface area contributed by atoms with Gasteiger partial charge >= 0.3 is 0 Å². The maximum absolute atomic E-state index is 5.57. The standard InChI is InChI=1S/C23H16Br2NO2.ClH/c24-16-4-5-17(25)21-20(16)19-11-23(14-6-9-27-12-14,15-7-10-28-13-15)22(21)18-3-1-2-8-26(18)19;/h1-10,12-13,19,22H,11H2;1H/q+1;/p-1. The van der Waals surface area contributed by atoms with Crippen molar-refractivity contribution in [3.05, 3.63) is 111 Å². The SMILES string of the molecule is Brc1ccc(Br)c2c1C1CC(c3ccoc3)(c3ccoc3)C2c2cccc[n+]21.[Cl-]. The predicted molar refractivity (Wildman–Crippen MR) is 111 cm³/mol. The molecule has 0 saturated heterocycles. The number of pyridine rings is 1. The van der Waals surface area contributed by atoms with E-state index in [1.165, 1.54) is 27.9 Å². The zero-order chi connectivity index (χ0) is 18.9. The highest BCUT2D eigenvalue weighted by molar-refractivity contribution is 9.11. The second-order valence-electron chi connectivity index (χ2n) is 7.54. The fourth-order valence-electron chi connectivity index (χ4n) is 5.39. The molecule has 7 rings (SSSR count). The normalized spacial score (nSPS) is 20.6. The number of nitrogens with zero attached hydrogens (tertiary/aromatic N) is 1. The quantitative estimate of drug-likeness (QED) is 0.371. The molecule has 0 saturated carbocycles. The van der Waals surface area contributed by atoms with Crippen molar-refractivity contribution in [2.45, 2.75) is 23.8 Å². The average Bonchev–Trinajstić information content (AvgIpc) is 3.45. The molecule has 1 aromatic carbocycles. The van der Waals surface area contributed by atoms with Gasteiger partial charge in [0, 0.05) is 44.2 Å². The van der Waals surface area contributed by atoms with Crippen LogP contribution in [0.2, 0.25) is 0 Å². The van der Waals surface area contributed by atoms with Gasteiger partial charge in [0.15, 0.2) is 17.9 Å². The molecule has 3 aliphatic rings. The molecule has 146 valence electrons. The number of hydrogen-bond acceptors (Lipinski definition) is 2. The van der Waals surface area contributed by atoms with Gasteiger partial charge < -0.3 is 21.2 Å². The molecule has 0 amide bonds. The Morgan fingerprint density at radius 2 is 1.52 bits per heavy atom. The molecule has 3 nitrogen and oxygen atoms in total. The van der Waals surface area contributed by atoms with E-state index in [1.54, 1.807) is 12.5 Å². The van der Waals surface area contributed by atoms with E-state index in [4.69, 9.17) is 8.83 Å². The molecule has 5 heterocycles. The van der Waals surface area contributed by atoms with E-state index in [0.717, 1.165) is 15.4 Å². The third kappa shape index (κ3) is 2.44. The maximum Gasteiger partial charge on any atom is 0.190 e. The number of fused-ring (bicyclic) bond motifs is 1. The molecule has 0 fully saturated rings. The second-order valence-corrected chi connectivity index (χ2v) is 9.25. The van der Waals surface area contributed by atoms with Crippen LogP contribution < -0.4 is 17.0 Å². The van der Waals surface area contributed by atoms with Gasteiger partial charge in [-0.2, -0.15) is 4.57 Å². The van der Waals surface area contributed by atoms with E-state index in [2.05, 4.69) is 85.1 Å². The van der Waals surface area contributed by atoms with Gasteiger partial charge in [0.1, 0.15) is 0 Å². The molecule has 0 N–H and O–H groups in total. The summed E-state index contributed by atoms with van der Waals surface area (Å²) in [5.41, 5.74) is 6.16. The van der Waals surface area contributed by atoms with Crippen LogP contribution in [0.4, 0.5) is 0 Å². The Balaban J connectivity index is 0.00000181. The summed E-state index contributed by atoms with van der Waals surface area (Å²) in [6.45, 7) is 0. The van der Waals surface area contributed by atoms with Crippen molar-refractivity contribution >= 4 is 31.9 Å². The first-order valence-corrected chi connectivity index (χ1v) is 10.8. The van der Waals surface area contributed by atoms with Gasteiger partial charge in [-0.05, 0) is 29.8 Å². The number of aromatic nitrogens is 1. The first-order valence-electron chi connectivity index (χ1n) is 9.25. The van der Waals surface area contributed by atoms with Crippen LogP contribution in [0.1, 0.15) is 46.3 Å². The Hall–Kier alpha value is -1.82. The van der Waals surface area contributed by atoms with E-state index in [0.29, 0.717) is 0 Å². The van der Waals surface area contributed by atoms with E-state index in [1.807, 2.05) is 12.5 Å². The van der Waals surface area contributed by atoms with Crippen molar-refractivity contribution in [3.8, 4) is 0 Å². The summed E-state index contributed by atoms with van der Waals surface area (Å²) < 4.78 is 15.9. The Kier molecular flexibility index (Phi) is 4.53. The summed E-state index contributed by atoms with van der Waals surface area (Å²) in [6.07, 6.45) is 10.5. The number of benzene rings is 1. The Bertz CT molecular complexity index is 1150. The van der Waals surface area contributed by atoms with Gasteiger partial charge in [0.2, 0.25) is 0 Å². The molecule has 3 aromatic heterocycles. The largest absolute Gasteiger partial charge is 1.00 e. The fourth-order valence-corrected chi connectivity index (χ4v) is 6.58. The van der Waals surface area contributed by atoms with E-state index in [-0.39, 0.29) is 29.8 Å². The lowest BCUT2D eigenvalue weighted by atomic mass is 9.54. The molecule has 0 radical (unpaired) electrons. The Morgan fingerprint density at radius 3 is 2.14 bits per heavy atom. The molecular formula is C23H16Br2ClNO2. The third-order valence-corrected chi connectivity index (χ3v) is 7.82. The van der Waals surface area contributed by atoms with E-state index >= 15 is 0 Å². The monoisotopic (exact) mass is 531 g/mol. The van der Waals surface area contributed by atoms with Crippen molar-refractivity contribution in [1.29, 1.82) is 0 Å². The molecule has 0 spiro atoms. The first-order chi connectivity index (χ1) is 13.7. The van der Waals surface area contributed by atoms with Crippen LogP contribution in [0, 0.1) is 0 Å². The highest BCUT2D eigenvalue weighted by atomic mass is 79.9. The smallest absolute Gasteiger partial charge is 0.190 e. The van der Waals surface area contributed by atoms with Crippen LogP contribution in [0.3, 0.4) is 0 Å². The van der Waals surface area contributed by atoms with Gasteiger partial charge in [-0.15, -0.1) is 0 Å². The van der Waals surface area contributed by atoms with Crippen molar-refractivity contribution in [2.24, 2.45) is 0 Å². The minimum atomic E-state index is -0.248. The van der Waals surface area contributed by atoms with Crippen LogP contribution in [-0.4, -0.2) is 0 Å². The van der Waals surface area contributed by atoms with Crippen molar-refractivity contribution in [2.75, 3.05) is 0 Å². The summed E-state index contributed by atoms with van der Waals surface area (Å²) in [4.78, 5) is 0. The molecule has 4 aromatic rings. The summed E-state index contributed by atoms with van der Waals surface area (Å²) in [7, 11) is 0. The second kappa shape index (κ2) is 6.86. The van der Waals surface area contributed by atoms with Gasteiger partial charge in [0.05, 0.1) is 36.4 Å². The van der Waals surface area contributed by atoms with Gasteiger partial charge in [-0.3, -0.25) is 0 Å². The van der Waals surface area contributed by atoms with Gasteiger partial charge in [-0.1, -0.05) is 37.9 Å². The van der Waals surface area contributed by atoms with Crippen LogP contribution in [0.25, 0.3) is 0 Å². The summed E-state index contributed by atoms with van der Waals surface area (Å²) in [5.74, 6) is 0.135. The lowest BCUT2D eigenvalue weighted by Crippen LogP contribution is -3.00. The molecule has 1 aliphatic carbocycles. The highest BCUT2D eigenvalue weighted by Crippen LogP contribution is 2.61. The van der Waals surface area contributed by atoms with E-state index < -0.39 is 0 Å². The molecule has 2 unspecified atom stereocenters. The number of rotatable bonds is 2. The molecule has 6 heteroatoms. The van der Waals surface area contributed by atoms with E-state index in [9.17, 15) is 0 Å². The van der Waals surface area contributed by atoms with Crippen molar-refractivity contribution in [1.82, 2.24) is 0 Å². The molecule has 2 bridgehead atoms. The van der Waals surface area contributed by atoms with Crippen LogP contribution >= 0.6 is 31.9 Å². The lowest BCUT2D eigenvalue weighted by Gasteiger charge is -2.49. The summed E-state index contributed by atoms with van der Waals surface area (Å²) in [5, 5.41) is 0. The Labute approximate surface area is 191 Å². The summed E-state index contributed by atoms with van der Waals surface area (Å²) in [6, 6.07) is 15.2. The van der Waals surface area contributed by atoms with Gasteiger partial charge in [-0.25, -0.2) is 0 Å². The van der Waals surface area contributed by atoms with Crippen molar-refractivity contribution in [3.63, 3.8) is 0 Å². The maximum atomic E-state index is 5.57. The third-order valence-electron chi connectivity index (χ3n) is 6.44. The summed E-state index contributed by atoms with van der Waals surface area (Å²) >= 11 is 7.70. The topological polar surface area (TPSA) is 30.2 Å². The number of furan rings is 2. The number of halogens is 3. The zero-order valence-electron chi connectivity index (χ0n) is 15.2. The zero-order valence-corrected chi connectivity index (χ0v) is 19.1. The van der Waals surface area contributed by atoms with Crippen molar-refractivity contribution < 1.29 is 25.8 Å². The number of hydrogen-bond donors (Lipinski definition) is 0. The molecular weight excluding hydrogens is 518 g/mol. The lowest BCUT2D eigenvalue weighted by molar-refractivity contribution is -0.732.